The van der Waals surface area contributed by atoms with Gasteiger partial charge >= 0.3 is 0 Å². The second-order valence-corrected chi connectivity index (χ2v) is 6.29. The minimum absolute atomic E-state index is 0.0597. The summed E-state index contributed by atoms with van der Waals surface area (Å²) in [4.78, 5) is 14.6. The monoisotopic (exact) mass is 341 g/mol. The van der Waals surface area contributed by atoms with Crippen LogP contribution in [-0.4, -0.2) is 26.4 Å². The highest BCUT2D eigenvalue weighted by Crippen LogP contribution is 2.17. The van der Waals surface area contributed by atoms with Crippen LogP contribution in [0.5, 0.6) is 0 Å². The van der Waals surface area contributed by atoms with Crippen molar-refractivity contribution in [3.63, 3.8) is 0 Å². The molecule has 0 aliphatic heterocycles. The minimum Gasteiger partial charge on any atom is -0.467 e. The average Bonchev–Trinajstić information content (AvgIpc) is 3.31. The van der Waals surface area contributed by atoms with Gasteiger partial charge in [-0.3, -0.25) is 4.79 Å². The second kappa shape index (κ2) is 7.88. The number of aryl methyl sites for hydroxylation is 1. The van der Waals surface area contributed by atoms with E-state index in [0.29, 0.717) is 12.2 Å². The summed E-state index contributed by atoms with van der Waals surface area (Å²) in [6.45, 7) is 2.49. The Kier molecular flexibility index (Phi) is 5.38. The highest BCUT2D eigenvalue weighted by atomic mass is 32.1. The molecule has 6 heteroatoms. The normalized spacial score (nSPS) is 12.0. The summed E-state index contributed by atoms with van der Waals surface area (Å²) in [5.41, 5.74) is 1.66. The van der Waals surface area contributed by atoms with Crippen molar-refractivity contribution in [2.75, 3.05) is 0 Å². The first-order valence-corrected chi connectivity index (χ1v) is 8.72. The van der Waals surface area contributed by atoms with Gasteiger partial charge in [-0.1, -0.05) is 34.8 Å². The van der Waals surface area contributed by atoms with Crippen LogP contribution >= 0.6 is 11.5 Å². The molecule has 0 aliphatic carbocycles. The predicted molar refractivity (Wildman–Crippen MR) is 92.7 cm³/mol. The van der Waals surface area contributed by atoms with Crippen LogP contribution in [-0.2, 0) is 13.0 Å². The van der Waals surface area contributed by atoms with Crippen molar-refractivity contribution in [3.05, 3.63) is 71.1 Å². The lowest BCUT2D eigenvalue weighted by atomic mass is 10.0. The highest BCUT2D eigenvalue weighted by Gasteiger charge is 2.24. The summed E-state index contributed by atoms with van der Waals surface area (Å²) in [7, 11) is 0. The van der Waals surface area contributed by atoms with Crippen LogP contribution in [0.15, 0.2) is 58.5 Å². The Balaban J connectivity index is 1.71. The first kappa shape index (κ1) is 16.4. The molecular formula is C18H19N3O2S. The summed E-state index contributed by atoms with van der Waals surface area (Å²) in [5, 5.41) is 5.60. The Morgan fingerprint density at radius 3 is 2.75 bits per heavy atom. The first-order valence-electron chi connectivity index (χ1n) is 7.88. The number of carbonyl (C=O) groups excluding carboxylic acids is 1. The summed E-state index contributed by atoms with van der Waals surface area (Å²) >= 11 is 1.18. The molecule has 3 rings (SSSR count). The third-order valence-corrected chi connectivity index (χ3v) is 4.48. The maximum Gasteiger partial charge on any atom is 0.275 e. The van der Waals surface area contributed by atoms with E-state index in [0.717, 1.165) is 18.6 Å². The lowest BCUT2D eigenvalue weighted by molar-refractivity contribution is 0.0646. The van der Waals surface area contributed by atoms with Crippen LogP contribution < -0.4 is 0 Å². The van der Waals surface area contributed by atoms with E-state index in [1.54, 1.807) is 16.5 Å². The van der Waals surface area contributed by atoms with Gasteiger partial charge in [0.2, 0.25) is 0 Å². The molecule has 0 saturated heterocycles. The minimum atomic E-state index is -0.110. The fraction of sp³-hybridized carbons (Fsp3) is 0.278. The number of amides is 1. The molecule has 1 aromatic carbocycles. The first-order chi connectivity index (χ1) is 11.7. The van der Waals surface area contributed by atoms with Gasteiger partial charge in [-0.05, 0) is 49.0 Å². The number of furan rings is 1. The van der Waals surface area contributed by atoms with Gasteiger partial charge in [0.25, 0.3) is 5.91 Å². The fourth-order valence-electron chi connectivity index (χ4n) is 2.58. The maximum atomic E-state index is 12.8. The van der Waals surface area contributed by atoms with E-state index in [4.69, 9.17) is 4.42 Å². The quantitative estimate of drug-likeness (QED) is 0.656. The smallest absolute Gasteiger partial charge is 0.275 e. The molecule has 124 valence electrons. The van der Waals surface area contributed by atoms with Gasteiger partial charge in [-0.25, -0.2) is 0 Å². The van der Waals surface area contributed by atoms with Crippen molar-refractivity contribution in [3.8, 4) is 0 Å². The summed E-state index contributed by atoms with van der Waals surface area (Å²) in [6.07, 6.45) is 3.41. The SMILES string of the molecule is C[C@H](CCc1ccccc1)N(Cc1ccco1)C(=O)c1csnn1. The molecule has 1 atom stereocenters. The Bertz CT molecular complexity index is 742. The lowest BCUT2D eigenvalue weighted by Gasteiger charge is -2.28. The molecule has 0 radical (unpaired) electrons. The Labute approximate surface area is 145 Å². The van der Waals surface area contributed by atoms with Crippen LogP contribution in [0.4, 0.5) is 0 Å². The Hall–Kier alpha value is -2.47. The van der Waals surface area contributed by atoms with Crippen LogP contribution in [0.1, 0.15) is 35.2 Å². The molecule has 2 aromatic heterocycles. The molecular weight excluding hydrogens is 322 g/mol. The van der Waals surface area contributed by atoms with Crippen LogP contribution in [0.25, 0.3) is 0 Å². The molecule has 24 heavy (non-hydrogen) atoms. The van der Waals surface area contributed by atoms with E-state index in [1.807, 2.05) is 30.3 Å². The molecule has 0 bridgehead atoms. The van der Waals surface area contributed by atoms with Gasteiger partial charge in [0.05, 0.1) is 12.8 Å². The molecule has 0 unspecified atom stereocenters. The van der Waals surface area contributed by atoms with Crippen molar-refractivity contribution in [2.24, 2.45) is 0 Å². The van der Waals surface area contributed by atoms with E-state index >= 15 is 0 Å². The summed E-state index contributed by atoms with van der Waals surface area (Å²) in [6, 6.07) is 14.1. The molecule has 0 N–H and O–H groups in total. The van der Waals surface area contributed by atoms with Crippen molar-refractivity contribution in [1.82, 2.24) is 14.5 Å². The van der Waals surface area contributed by atoms with E-state index in [1.165, 1.54) is 17.1 Å². The van der Waals surface area contributed by atoms with Crippen molar-refractivity contribution in [2.45, 2.75) is 32.4 Å². The number of rotatable bonds is 7. The molecule has 2 heterocycles. The van der Waals surface area contributed by atoms with E-state index < -0.39 is 0 Å². The third kappa shape index (κ3) is 4.08. The topological polar surface area (TPSA) is 59.2 Å². The van der Waals surface area contributed by atoms with Gasteiger partial charge in [0.15, 0.2) is 5.69 Å². The largest absolute Gasteiger partial charge is 0.467 e. The number of nitrogens with zero attached hydrogens (tertiary/aromatic N) is 3. The van der Waals surface area contributed by atoms with E-state index in [2.05, 4.69) is 28.6 Å². The van der Waals surface area contributed by atoms with Crippen molar-refractivity contribution in [1.29, 1.82) is 0 Å². The summed E-state index contributed by atoms with van der Waals surface area (Å²) in [5.74, 6) is 0.652. The maximum absolute atomic E-state index is 12.8. The number of aromatic nitrogens is 2. The van der Waals surface area contributed by atoms with E-state index in [-0.39, 0.29) is 11.9 Å². The molecule has 3 aromatic rings. The molecule has 1 amide bonds. The number of hydrogen-bond donors (Lipinski definition) is 0. The van der Waals surface area contributed by atoms with Gasteiger partial charge < -0.3 is 9.32 Å². The van der Waals surface area contributed by atoms with Crippen molar-refractivity contribution < 1.29 is 9.21 Å². The zero-order chi connectivity index (χ0) is 16.8. The van der Waals surface area contributed by atoms with Crippen molar-refractivity contribution >= 4 is 17.4 Å². The van der Waals surface area contributed by atoms with Crippen LogP contribution in [0.2, 0.25) is 0 Å². The van der Waals surface area contributed by atoms with Gasteiger partial charge in [-0.2, -0.15) is 0 Å². The number of hydrogen-bond acceptors (Lipinski definition) is 5. The second-order valence-electron chi connectivity index (χ2n) is 5.68. The third-order valence-electron chi connectivity index (χ3n) is 3.97. The van der Waals surface area contributed by atoms with Gasteiger partial charge in [-0.15, -0.1) is 5.10 Å². The Morgan fingerprint density at radius 1 is 1.25 bits per heavy atom. The highest BCUT2D eigenvalue weighted by molar-refractivity contribution is 7.03. The van der Waals surface area contributed by atoms with E-state index in [9.17, 15) is 4.79 Å². The molecule has 0 fully saturated rings. The van der Waals surface area contributed by atoms with Gasteiger partial charge in [0, 0.05) is 11.4 Å². The van der Waals surface area contributed by atoms with Crippen LogP contribution in [0, 0.1) is 0 Å². The number of carbonyl (C=O) groups is 1. The average molecular weight is 341 g/mol. The zero-order valence-corrected chi connectivity index (χ0v) is 14.3. The lowest BCUT2D eigenvalue weighted by Crippen LogP contribution is -2.38. The Morgan fingerprint density at radius 2 is 2.08 bits per heavy atom. The zero-order valence-electron chi connectivity index (χ0n) is 13.5. The molecule has 5 nitrogen and oxygen atoms in total. The summed E-state index contributed by atoms with van der Waals surface area (Å²) < 4.78 is 9.21. The molecule has 0 aliphatic rings. The number of benzene rings is 1. The fourth-order valence-corrected chi connectivity index (χ4v) is 3.01. The van der Waals surface area contributed by atoms with Gasteiger partial charge in [0.1, 0.15) is 5.76 Å². The van der Waals surface area contributed by atoms with Crippen LogP contribution in [0.3, 0.4) is 0 Å². The standard InChI is InChI=1S/C18H19N3O2S/c1-14(9-10-15-6-3-2-4-7-15)21(12-16-8-5-11-23-16)18(22)17-13-24-20-19-17/h2-8,11,13-14H,9-10,12H2,1H3/t14-/m1/s1. The predicted octanol–water partition coefficient (Wildman–Crippen LogP) is 3.79. The molecule has 0 spiro atoms. The molecule has 0 saturated carbocycles.